The molecule has 1 saturated heterocycles. The van der Waals surface area contributed by atoms with Gasteiger partial charge in [-0.2, -0.15) is 0 Å². The zero-order valence-electron chi connectivity index (χ0n) is 12.0. The maximum absolute atomic E-state index is 3.75. The van der Waals surface area contributed by atoms with Crippen molar-refractivity contribution in [3.8, 4) is 0 Å². The molecular formula is C15H30N2. The molecule has 17 heavy (non-hydrogen) atoms. The Labute approximate surface area is 107 Å². The minimum absolute atomic E-state index is 0.509. The van der Waals surface area contributed by atoms with E-state index in [4.69, 9.17) is 0 Å². The van der Waals surface area contributed by atoms with Gasteiger partial charge in [-0.15, -0.1) is 0 Å². The Morgan fingerprint density at radius 1 is 1.24 bits per heavy atom. The van der Waals surface area contributed by atoms with Crippen molar-refractivity contribution in [2.45, 2.75) is 83.3 Å². The van der Waals surface area contributed by atoms with Crippen LogP contribution in [0.3, 0.4) is 0 Å². The Hall–Kier alpha value is -0.0800. The number of piperazine rings is 1. The molecule has 0 spiro atoms. The molecule has 2 heteroatoms. The summed E-state index contributed by atoms with van der Waals surface area (Å²) in [4.78, 5) is 2.86. The number of hydrogen-bond donors (Lipinski definition) is 1. The lowest BCUT2D eigenvalue weighted by molar-refractivity contribution is 0.0200. The summed E-state index contributed by atoms with van der Waals surface area (Å²) >= 11 is 0. The van der Waals surface area contributed by atoms with Crippen LogP contribution < -0.4 is 5.32 Å². The van der Waals surface area contributed by atoms with E-state index >= 15 is 0 Å². The van der Waals surface area contributed by atoms with Gasteiger partial charge in [0.2, 0.25) is 0 Å². The van der Waals surface area contributed by atoms with Crippen LogP contribution in [0.5, 0.6) is 0 Å². The normalized spacial score (nSPS) is 34.1. The third-order valence-electron chi connectivity index (χ3n) is 4.98. The molecule has 2 nitrogen and oxygen atoms in total. The van der Waals surface area contributed by atoms with Crippen molar-refractivity contribution in [1.82, 2.24) is 10.2 Å². The summed E-state index contributed by atoms with van der Waals surface area (Å²) in [6.45, 7) is 9.64. The monoisotopic (exact) mass is 238 g/mol. The van der Waals surface area contributed by atoms with Crippen molar-refractivity contribution in [1.29, 1.82) is 0 Å². The van der Waals surface area contributed by atoms with Crippen LogP contribution in [0.15, 0.2) is 0 Å². The van der Waals surface area contributed by atoms with E-state index in [1.807, 2.05) is 0 Å². The van der Waals surface area contributed by atoms with Gasteiger partial charge < -0.3 is 5.32 Å². The summed E-state index contributed by atoms with van der Waals surface area (Å²) in [5, 5.41) is 3.75. The fourth-order valence-corrected chi connectivity index (χ4v) is 3.86. The molecule has 2 aliphatic rings. The summed E-state index contributed by atoms with van der Waals surface area (Å²) in [7, 11) is 0. The Kier molecular flexibility index (Phi) is 4.48. The van der Waals surface area contributed by atoms with Gasteiger partial charge in [-0.25, -0.2) is 0 Å². The maximum atomic E-state index is 3.75. The predicted molar refractivity (Wildman–Crippen MR) is 74.4 cm³/mol. The zero-order chi connectivity index (χ0) is 12.3. The van der Waals surface area contributed by atoms with Gasteiger partial charge in [-0.05, 0) is 32.6 Å². The average Bonchev–Trinajstić information content (AvgIpc) is 2.78. The molecule has 1 aliphatic heterocycles. The van der Waals surface area contributed by atoms with Gasteiger partial charge in [0.15, 0.2) is 0 Å². The van der Waals surface area contributed by atoms with Crippen LogP contribution >= 0.6 is 0 Å². The minimum Gasteiger partial charge on any atom is -0.311 e. The van der Waals surface area contributed by atoms with E-state index in [1.165, 1.54) is 58.0 Å². The van der Waals surface area contributed by atoms with Gasteiger partial charge in [0.1, 0.15) is 0 Å². The molecule has 0 aromatic carbocycles. The first-order valence-corrected chi connectivity index (χ1v) is 7.69. The van der Waals surface area contributed by atoms with Crippen molar-refractivity contribution in [3.63, 3.8) is 0 Å². The lowest BCUT2D eigenvalue weighted by Crippen LogP contribution is -2.62. The molecule has 0 aromatic heterocycles. The second-order valence-corrected chi connectivity index (χ2v) is 6.31. The van der Waals surface area contributed by atoms with E-state index in [-0.39, 0.29) is 0 Å². The van der Waals surface area contributed by atoms with Gasteiger partial charge >= 0.3 is 0 Å². The molecule has 2 unspecified atom stereocenters. The van der Waals surface area contributed by atoms with Crippen LogP contribution in [-0.4, -0.2) is 35.6 Å². The molecule has 2 rings (SSSR count). The number of hydrogen-bond acceptors (Lipinski definition) is 2. The standard InChI is InChI=1S/C15H30N2/c1-4-8-13-12-17(14(5-2)11-16-13)15(3)9-6-7-10-15/h13-14,16H,4-12H2,1-3H3. The van der Waals surface area contributed by atoms with Gasteiger partial charge in [-0.3, -0.25) is 4.90 Å². The number of nitrogens with zero attached hydrogens (tertiary/aromatic N) is 1. The quantitative estimate of drug-likeness (QED) is 0.809. The Bertz CT molecular complexity index is 233. The number of nitrogens with one attached hydrogen (secondary N) is 1. The third-order valence-corrected chi connectivity index (χ3v) is 4.98. The smallest absolute Gasteiger partial charge is 0.0224 e. The molecule has 0 radical (unpaired) electrons. The Morgan fingerprint density at radius 2 is 1.94 bits per heavy atom. The van der Waals surface area contributed by atoms with Gasteiger partial charge in [-0.1, -0.05) is 33.1 Å². The SMILES string of the molecule is CCCC1CN(C2(C)CCCC2)C(CC)CN1. The predicted octanol–water partition coefficient (Wildman–Crippen LogP) is 3.17. The first-order valence-electron chi connectivity index (χ1n) is 7.69. The molecule has 0 aromatic rings. The van der Waals surface area contributed by atoms with E-state index in [2.05, 4.69) is 31.0 Å². The van der Waals surface area contributed by atoms with Crippen molar-refractivity contribution in [2.75, 3.05) is 13.1 Å². The minimum atomic E-state index is 0.509. The lowest BCUT2D eigenvalue weighted by Gasteiger charge is -2.49. The molecule has 0 bridgehead atoms. The van der Waals surface area contributed by atoms with Crippen LogP contribution in [0.1, 0.15) is 65.7 Å². The van der Waals surface area contributed by atoms with E-state index in [0.717, 1.165) is 12.1 Å². The Balaban J connectivity index is 2.04. The highest BCUT2D eigenvalue weighted by Crippen LogP contribution is 2.37. The van der Waals surface area contributed by atoms with Crippen LogP contribution in [0, 0.1) is 0 Å². The first-order chi connectivity index (χ1) is 8.19. The molecule has 1 heterocycles. The highest BCUT2D eigenvalue weighted by atomic mass is 15.3. The van der Waals surface area contributed by atoms with Crippen LogP contribution in [0.25, 0.3) is 0 Å². The largest absolute Gasteiger partial charge is 0.311 e. The van der Waals surface area contributed by atoms with Crippen molar-refractivity contribution in [2.24, 2.45) is 0 Å². The molecule has 100 valence electrons. The van der Waals surface area contributed by atoms with Gasteiger partial charge in [0, 0.05) is 30.7 Å². The third kappa shape index (κ3) is 2.85. The van der Waals surface area contributed by atoms with E-state index in [0.29, 0.717) is 5.54 Å². The zero-order valence-corrected chi connectivity index (χ0v) is 12.0. The molecule has 2 fully saturated rings. The molecule has 1 N–H and O–H groups in total. The summed E-state index contributed by atoms with van der Waals surface area (Å²) < 4.78 is 0. The summed E-state index contributed by atoms with van der Waals surface area (Å²) in [6, 6.07) is 1.51. The highest BCUT2D eigenvalue weighted by molar-refractivity contribution is 4.98. The first kappa shape index (κ1) is 13.4. The van der Waals surface area contributed by atoms with Crippen molar-refractivity contribution >= 4 is 0 Å². The van der Waals surface area contributed by atoms with Crippen LogP contribution in [0.4, 0.5) is 0 Å². The van der Waals surface area contributed by atoms with Crippen LogP contribution in [-0.2, 0) is 0 Å². The second-order valence-electron chi connectivity index (χ2n) is 6.31. The van der Waals surface area contributed by atoms with Gasteiger partial charge in [0.25, 0.3) is 0 Å². The molecule has 2 atom stereocenters. The van der Waals surface area contributed by atoms with E-state index in [9.17, 15) is 0 Å². The van der Waals surface area contributed by atoms with Crippen LogP contribution in [0.2, 0.25) is 0 Å². The second kappa shape index (κ2) is 5.71. The molecule has 1 aliphatic carbocycles. The van der Waals surface area contributed by atoms with Crippen molar-refractivity contribution < 1.29 is 0 Å². The van der Waals surface area contributed by atoms with E-state index < -0.39 is 0 Å². The summed E-state index contributed by atoms with van der Waals surface area (Å²) in [6.07, 6.45) is 9.65. The highest BCUT2D eigenvalue weighted by Gasteiger charge is 2.40. The summed E-state index contributed by atoms with van der Waals surface area (Å²) in [5.41, 5.74) is 0.509. The molecule has 0 amide bonds. The van der Waals surface area contributed by atoms with E-state index in [1.54, 1.807) is 0 Å². The lowest BCUT2D eigenvalue weighted by atomic mass is 9.91. The average molecular weight is 238 g/mol. The summed E-state index contributed by atoms with van der Waals surface area (Å²) in [5.74, 6) is 0. The molecular weight excluding hydrogens is 208 g/mol. The number of rotatable bonds is 4. The molecule has 1 saturated carbocycles. The Morgan fingerprint density at radius 3 is 2.53 bits per heavy atom. The fraction of sp³-hybridized carbons (Fsp3) is 1.00. The topological polar surface area (TPSA) is 15.3 Å². The van der Waals surface area contributed by atoms with Gasteiger partial charge in [0.05, 0.1) is 0 Å². The van der Waals surface area contributed by atoms with Crippen molar-refractivity contribution in [3.05, 3.63) is 0 Å². The maximum Gasteiger partial charge on any atom is 0.0224 e. The fourth-order valence-electron chi connectivity index (χ4n) is 3.86.